The first-order valence-electron chi connectivity index (χ1n) is 9.88. The predicted molar refractivity (Wildman–Crippen MR) is 106 cm³/mol. The quantitative estimate of drug-likeness (QED) is 0.578. The van der Waals surface area contributed by atoms with Crippen LogP contribution in [-0.4, -0.2) is 48.1 Å². The fourth-order valence-electron chi connectivity index (χ4n) is 3.38. The number of aryl methyl sites for hydroxylation is 1. The third-order valence-electron chi connectivity index (χ3n) is 5.28. The second-order valence-electron chi connectivity index (χ2n) is 7.49. The van der Waals surface area contributed by atoms with E-state index in [9.17, 15) is 0 Å². The van der Waals surface area contributed by atoms with Crippen molar-refractivity contribution in [3.63, 3.8) is 0 Å². The van der Waals surface area contributed by atoms with Crippen molar-refractivity contribution >= 4 is 17.3 Å². The van der Waals surface area contributed by atoms with Crippen LogP contribution in [0.5, 0.6) is 0 Å². The molecule has 2 fully saturated rings. The Bertz CT molecular complexity index is 562. The van der Waals surface area contributed by atoms with Crippen LogP contribution in [-0.2, 0) is 13.0 Å². The number of nitrogens with one attached hydrogen (secondary N) is 2. The van der Waals surface area contributed by atoms with Gasteiger partial charge < -0.3 is 10.6 Å². The summed E-state index contributed by atoms with van der Waals surface area (Å²) in [4.78, 5) is 12.1. The fraction of sp³-hybridized carbons (Fsp3) is 0.789. The molecule has 1 aromatic heterocycles. The van der Waals surface area contributed by atoms with Crippen molar-refractivity contribution < 1.29 is 0 Å². The number of hydrogen-bond donors (Lipinski definition) is 2. The van der Waals surface area contributed by atoms with Crippen molar-refractivity contribution in [3.05, 3.63) is 16.1 Å². The number of hydrogen-bond acceptors (Lipinski definition) is 4. The molecule has 3 rings (SSSR count). The lowest BCUT2D eigenvalue weighted by Gasteiger charge is -2.30. The van der Waals surface area contributed by atoms with Gasteiger partial charge in [0.15, 0.2) is 5.96 Å². The van der Waals surface area contributed by atoms with Crippen LogP contribution in [0.15, 0.2) is 10.4 Å². The van der Waals surface area contributed by atoms with Gasteiger partial charge in [-0.25, -0.2) is 4.98 Å². The van der Waals surface area contributed by atoms with Crippen molar-refractivity contribution in [2.24, 2.45) is 16.8 Å². The number of guanidine groups is 1. The Morgan fingerprint density at radius 3 is 2.72 bits per heavy atom. The Morgan fingerprint density at radius 2 is 2.12 bits per heavy atom. The molecule has 5 nitrogen and oxygen atoms in total. The van der Waals surface area contributed by atoms with Crippen molar-refractivity contribution in [3.8, 4) is 0 Å². The van der Waals surface area contributed by atoms with E-state index in [0.29, 0.717) is 12.0 Å². The van der Waals surface area contributed by atoms with Crippen LogP contribution in [0.2, 0.25) is 0 Å². The van der Waals surface area contributed by atoms with Gasteiger partial charge in [0.1, 0.15) is 0 Å². The van der Waals surface area contributed by atoms with Gasteiger partial charge in [-0.1, -0.05) is 13.8 Å². The lowest BCUT2D eigenvalue weighted by atomic mass is 9.97. The number of likely N-dealkylation sites (tertiary alicyclic amines) is 1. The van der Waals surface area contributed by atoms with Crippen molar-refractivity contribution in [2.45, 2.75) is 59.0 Å². The van der Waals surface area contributed by atoms with Crippen LogP contribution in [0.1, 0.15) is 50.7 Å². The molecule has 6 heteroatoms. The van der Waals surface area contributed by atoms with Crippen LogP contribution in [0.4, 0.5) is 0 Å². The van der Waals surface area contributed by atoms with E-state index >= 15 is 0 Å². The molecule has 1 aliphatic heterocycles. The minimum Gasteiger partial charge on any atom is -0.357 e. The van der Waals surface area contributed by atoms with E-state index in [-0.39, 0.29) is 0 Å². The summed E-state index contributed by atoms with van der Waals surface area (Å²) >= 11 is 1.80. The second-order valence-corrected chi connectivity index (χ2v) is 8.43. The van der Waals surface area contributed by atoms with Crippen LogP contribution in [0.3, 0.4) is 0 Å². The molecule has 2 N–H and O–H groups in total. The van der Waals surface area contributed by atoms with Gasteiger partial charge in [-0.2, -0.15) is 0 Å². The van der Waals surface area contributed by atoms with E-state index in [2.05, 4.69) is 41.7 Å². The Kier molecular flexibility index (Phi) is 6.70. The van der Waals surface area contributed by atoms with Gasteiger partial charge >= 0.3 is 0 Å². The standard InChI is InChI=1S/C19H33N5S/c1-4-18-22-16(13-25-18)12-24-8-6-15(7-9-24)11-21-19(20-5-2)23-17-10-14(17)3/h13-15,17H,4-12H2,1-3H3,(H2,20,21,23). The predicted octanol–water partition coefficient (Wildman–Crippen LogP) is 2.88. The summed E-state index contributed by atoms with van der Waals surface area (Å²) in [6.45, 7) is 11.8. The zero-order valence-corrected chi connectivity index (χ0v) is 16.7. The second kappa shape index (κ2) is 8.99. The van der Waals surface area contributed by atoms with Crippen LogP contribution >= 0.6 is 11.3 Å². The minimum atomic E-state index is 0.630. The summed E-state index contributed by atoms with van der Waals surface area (Å²) in [5, 5.41) is 10.4. The van der Waals surface area contributed by atoms with Crippen LogP contribution in [0, 0.1) is 11.8 Å². The van der Waals surface area contributed by atoms with E-state index in [4.69, 9.17) is 9.98 Å². The monoisotopic (exact) mass is 363 g/mol. The summed E-state index contributed by atoms with van der Waals surface area (Å²) in [6, 6.07) is 0.630. The molecule has 0 radical (unpaired) electrons. The summed E-state index contributed by atoms with van der Waals surface area (Å²) in [5.74, 6) is 2.52. The lowest BCUT2D eigenvalue weighted by Crippen LogP contribution is -2.40. The van der Waals surface area contributed by atoms with E-state index in [0.717, 1.165) is 37.9 Å². The number of thiazole rings is 1. The van der Waals surface area contributed by atoms with Crippen molar-refractivity contribution in [2.75, 3.05) is 26.2 Å². The average molecular weight is 364 g/mol. The number of aliphatic imine (C=N–C) groups is 1. The number of rotatable bonds is 7. The van der Waals surface area contributed by atoms with Crippen molar-refractivity contribution in [1.82, 2.24) is 20.5 Å². The molecule has 1 aliphatic carbocycles. The number of aromatic nitrogens is 1. The normalized spacial score (nSPS) is 25.2. The maximum absolute atomic E-state index is 4.84. The molecule has 2 heterocycles. The maximum Gasteiger partial charge on any atom is 0.191 e. The fourth-order valence-corrected chi connectivity index (χ4v) is 4.12. The smallest absolute Gasteiger partial charge is 0.191 e. The van der Waals surface area contributed by atoms with Crippen LogP contribution in [0.25, 0.3) is 0 Å². The maximum atomic E-state index is 4.84. The van der Waals surface area contributed by atoms with E-state index < -0.39 is 0 Å². The number of nitrogens with zero attached hydrogens (tertiary/aromatic N) is 3. The van der Waals surface area contributed by atoms with Gasteiger partial charge in [-0.3, -0.25) is 9.89 Å². The highest BCUT2D eigenvalue weighted by Gasteiger charge is 2.33. The SMILES string of the molecule is CCNC(=NCC1CCN(Cc2csc(CC)n2)CC1)NC1CC1C. The van der Waals surface area contributed by atoms with Gasteiger partial charge in [0.05, 0.1) is 10.7 Å². The van der Waals surface area contributed by atoms with Gasteiger partial charge in [-0.05, 0) is 57.5 Å². The molecule has 0 bridgehead atoms. The Hall–Kier alpha value is -1.14. The third kappa shape index (κ3) is 5.68. The highest BCUT2D eigenvalue weighted by Crippen LogP contribution is 2.28. The average Bonchev–Trinajstić information content (AvgIpc) is 3.12. The van der Waals surface area contributed by atoms with E-state index in [1.165, 1.54) is 43.1 Å². The molecule has 1 saturated carbocycles. The largest absolute Gasteiger partial charge is 0.357 e. The summed E-state index contributed by atoms with van der Waals surface area (Å²) in [7, 11) is 0. The Labute approximate surface area is 156 Å². The van der Waals surface area contributed by atoms with E-state index in [1.54, 1.807) is 11.3 Å². The van der Waals surface area contributed by atoms with Gasteiger partial charge in [-0.15, -0.1) is 11.3 Å². The third-order valence-corrected chi connectivity index (χ3v) is 6.32. The van der Waals surface area contributed by atoms with Gasteiger partial charge in [0, 0.05) is 31.1 Å². The molecule has 25 heavy (non-hydrogen) atoms. The Morgan fingerprint density at radius 1 is 1.36 bits per heavy atom. The molecular weight excluding hydrogens is 330 g/mol. The molecule has 0 amide bonds. The first-order valence-corrected chi connectivity index (χ1v) is 10.8. The molecule has 1 aromatic rings. The first kappa shape index (κ1) is 18.6. The molecule has 1 saturated heterocycles. The van der Waals surface area contributed by atoms with Gasteiger partial charge in [0.25, 0.3) is 0 Å². The van der Waals surface area contributed by atoms with Gasteiger partial charge in [0.2, 0.25) is 0 Å². The van der Waals surface area contributed by atoms with E-state index in [1.807, 2.05) is 0 Å². The molecule has 140 valence electrons. The molecular formula is C19H33N5S. The number of piperidine rings is 1. The summed E-state index contributed by atoms with van der Waals surface area (Å²) in [6.07, 6.45) is 4.81. The highest BCUT2D eigenvalue weighted by atomic mass is 32.1. The zero-order chi connectivity index (χ0) is 17.6. The lowest BCUT2D eigenvalue weighted by molar-refractivity contribution is 0.179. The molecule has 2 unspecified atom stereocenters. The topological polar surface area (TPSA) is 52.6 Å². The Balaban J connectivity index is 1.41. The molecule has 2 aliphatic rings. The molecule has 2 atom stereocenters. The molecule has 0 spiro atoms. The highest BCUT2D eigenvalue weighted by molar-refractivity contribution is 7.09. The minimum absolute atomic E-state index is 0.630. The first-order chi connectivity index (χ1) is 12.2. The zero-order valence-electron chi connectivity index (χ0n) is 15.9. The molecule has 0 aromatic carbocycles. The van der Waals surface area contributed by atoms with Crippen molar-refractivity contribution in [1.29, 1.82) is 0 Å². The van der Waals surface area contributed by atoms with Crippen LogP contribution < -0.4 is 10.6 Å². The summed E-state index contributed by atoms with van der Waals surface area (Å²) < 4.78 is 0. The summed E-state index contributed by atoms with van der Waals surface area (Å²) in [5.41, 5.74) is 1.25.